The Balaban J connectivity index is 2.38. The number of furan rings is 1. The zero-order chi connectivity index (χ0) is 13.8. The molecular weight excluding hydrogens is 244 g/mol. The predicted molar refractivity (Wildman–Crippen MR) is 72.2 cm³/mol. The number of nitrogens with two attached hydrogens (primary N) is 1. The van der Waals surface area contributed by atoms with Crippen molar-refractivity contribution in [3.05, 3.63) is 47.4 Å². The van der Waals surface area contributed by atoms with Crippen LogP contribution in [0.4, 0.5) is 0 Å². The summed E-state index contributed by atoms with van der Waals surface area (Å²) in [4.78, 5) is 0. The van der Waals surface area contributed by atoms with Gasteiger partial charge in [0.25, 0.3) is 0 Å². The minimum Gasteiger partial charge on any atom is -0.493 e. The summed E-state index contributed by atoms with van der Waals surface area (Å²) < 4.78 is 15.8. The first-order valence-corrected chi connectivity index (χ1v) is 5.92. The zero-order valence-corrected chi connectivity index (χ0v) is 11.3. The number of hydrogen-bond acceptors (Lipinski definition) is 5. The summed E-state index contributed by atoms with van der Waals surface area (Å²) in [5.74, 6) is 7.84. The summed E-state index contributed by atoms with van der Waals surface area (Å²) in [6.07, 6.45) is 1.69. The molecule has 0 radical (unpaired) electrons. The van der Waals surface area contributed by atoms with Crippen molar-refractivity contribution in [1.82, 2.24) is 5.43 Å². The van der Waals surface area contributed by atoms with Crippen LogP contribution in [0.15, 0.2) is 34.9 Å². The topological polar surface area (TPSA) is 69.7 Å². The van der Waals surface area contributed by atoms with Crippen LogP contribution in [0.2, 0.25) is 0 Å². The van der Waals surface area contributed by atoms with E-state index in [1.54, 1.807) is 20.5 Å². The lowest BCUT2D eigenvalue weighted by Gasteiger charge is -2.16. The third kappa shape index (κ3) is 2.72. The number of hydrazine groups is 1. The van der Waals surface area contributed by atoms with E-state index < -0.39 is 0 Å². The summed E-state index contributed by atoms with van der Waals surface area (Å²) in [7, 11) is 3.21. The molecule has 0 fully saturated rings. The molecule has 3 N–H and O–H groups in total. The molecule has 102 valence electrons. The first kappa shape index (κ1) is 13.5. The average Bonchev–Trinajstić information content (AvgIpc) is 2.86. The Morgan fingerprint density at radius 3 is 2.37 bits per heavy atom. The highest BCUT2D eigenvalue weighted by molar-refractivity contribution is 5.45. The molecule has 5 heteroatoms. The smallest absolute Gasteiger partial charge is 0.161 e. The van der Waals surface area contributed by atoms with Gasteiger partial charge in [0, 0.05) is 5.56 Å². The van der Waals surface area contributed by atoms with Crippen LogP contribution in [-0.2, 0) is 0 Å². The van der Waals surface area contributed by atoms with E-state index in [1.807, 2.05) is 31.2 Å². The quantitative estimate of drug-likeness (QED) is 0.638. The second-order valence-electron chi connectivity index (χ2n) is 4.20. The Morgan fingerprint density at radius 2 is 1.84 bits per heavy atom. The van der Waals surface area contributed by atoms with E-state index >= 15 is 0 Å². The van der Waals surface area contributed by atoms with Crippen LogP contribution in [0.3, 0.4) is 0 Å². The average molecular weight is 262 g/mol. The van der Waals surface area contributed by atoms with Crippen LogP contribution in [0.5, 0.6) is 11.5 Å². The van der Waals surface area contributed by atoms with Crippen LogP contribution < -0.4 is 20.7 Å². The largest absolute Gasteiger partial charge is 0.493 e. The van der Waals surface area contributed by atoms with Gasteiger partial charge in [-0.15, -0.1) is 0 Å². The lowest BCUT2D eigenvalue weighted by molar-refractivity contribution is 0.354. The van der Waals surface area contributed by atoms with E-state index in [1.165, 1.54) is 0 Å². The van der Waals surface area contributed by atoms with Gasteiger partial charge in [-0.05, 0) is 30.7 Å². The van der Waals surface area contributed by atoms with Crippen molar-refractivity contribution in [2.24, 2.45) is 5.84 Å². The zero-order valence-electron chi connectivity index (χ0n) is 11.3. The van der Waals surface area contributed by atoms with E-state index in [0.717, 1.165) is 16.9 Å². The van der Waals surface area contributed by atoms with Gasteiger partial charge in [-0.3, -0.25) is 5.84 Å². The monoisotopic (exact) mass is 262 g/mol. The molecule has 0 aliphatic carbocycles. The molecule has 0 saturated heterocycles. The number of rotatable bonds is 5. The van der Waals surface area contributed by atoms with Gasteiger partial charge in [-0.1, -0.05) is 6.07 Å². The van der Waals surface area contributed by atoms with Crippen molar-refractivity contribution in [3.8, 4) is 11.5 Å². The van der Waals surface area contributed by atoms with Crippen LogP contribution >= 0.6 is 0 Å². The minimum absolute atomic E-state index is 0.155. The molecule has 19 heavy (non-hydrogen) atoms. The number of benzene rings is 1. The second kappa shape index (κ2) is 5.77. The third-order valence-electron chi connectivity index (χ3n) is 2.99. The number of ether oxygens (including phenoxy) is 2. The molecule has 0 saturated carbocycles. The number of aryl methyl sites for hydroxylation is 1. The molecule has 1 aromatic heterocycles. The van der Waals surface area contributed by atoms with Gasteiger partial charge >= 0.3 is 0 Å². The maximum atomic E-state index is 5.64. The third-order valence-corrected chi connectivity index (χ3v) is 2.99. The predicted octanol–water partition coefficient (Wildman–Crippen LogP) is 2.16. The molecule has 1 aromatic carbocycles. The van der Waals surface area contributed by atoms with Crippen LogP contribution in [0, 0.1) is 6.92 Å². The molecule has 0 aliphatic heterocycles. The Morgan fingerprint density at radius 1 is 1.11 bits per heavy atom. The van der Waals surface area contributed by atoms with Crippen LogP contribution in [0.1, 0.15) is 22.9 Å². The van der Waals surface area contributed by atoms with E-state index in [0.29, 0.717) is 11.5 Å². The molecule has 1 heterocycles. The SMILES string of the molecule is COc1ccc(C(NN)c2coc(C)c2)cc1OC. The molecule has 0 bridgehead atoms. The van der Waals surface area contributed by atoms with Crippen LogP contribution in [-0.4, -0.2) is 14.2 Å². The summed E-state index contributed by atoms with van der Waals surface area (Å²) >= 11 is 0. The highest BCUT2D eigenvalue weighted by Gasteiger charge is 2.16. The van der Waals surface area contributed by atoms with E-state index in [-0.39, 0.29) is 6.04 Å². The Hall–Kier alpha value is -1.98. The summed E-state index contributed by atoms with van der Waals surface area (Å²) in [6, 6.07) is 7.48. The minimum atomic E-state index is -0.155. The van der Waals surface area contributed by atoms with Crippen molar-refractivity contribution < 1.29 is 13.9 Å². The molecular formula is C14H18N2O3. The lowest BCUT2D eigenvalue weighted by atomic mass is 10.0. The molecule has 2 aromatic rings. The van der Waals surface area contributed by atoms with Gasteiger partial charge < -0.3 is 13.9 Å². The molecule has 2 rings (SSSR count). The van der Waals surface area contributed by atoms with E-state index in [9.17, 15) is 0 Å². The molecule has 5 nitrogen and oxygen atoms in total. The molecule has 0 amide bonds. The number of nitrogens with one attached hydrogen (secondary N) is 1. The second-order valence-corrected chi connectivity index (χ2v) is 4.20. The number of hydrogen-bond donors (Lipinski definition) is 2. The fourth-order valence-electron chi connectivity index (χ4n) is 2.03. The van der Waals surface area contributed by atoms with Gasteiger partial charge in [0.2, 0.25) is 0 Å². The summed E-state index contributed by atoms with van der Waals surface area (Å²) in [5.41, 5.74) is 4.72. The van der Waals surface area contributed by atoms with Gasteiger partial charge in [0.1, 0.15) is 5.76 Å². The maximum absolute atomic E-state index is 5.64. The van der Waals surface area contributed by atoms with Gasteiger partial charge in [-0.25, -0.2) is 5.43 Å². The fraction of sp³-hybridized carbons (Fsp3) is 0.286. The molecule has 1 unspecified atom stereocenters. The van der Waals surface area contributed by atoms with Gasteiger partial charge in [-0.2, -0.15) is 0 Å². The Kier molecular flexibility index (Phi) is 4.09. The molecule has 0 spiro atoms. The fourth-order valence-corrected chi connectivity index (χ4v) is 2.03. The maximum Gasteiger partial charge on any atom is 0.161 e. The first-order valence-electron chi connectivity index (χ1n) is 5.92. The van der Waals surface area contributed by atoms with Crippen molar-refractivity contribution in [3.63, 3.8) is 0 Å². The molecule has 1 atom stereocenters. The molecule has 0 aliphatic rings. The van der Waals surface area contributed by atoms with E-state index in [2.05, 4.69) is 5.43 Å². The normalized spacial score (nSPS) is 12.2. The van der Waals surface area contributed by atoms with Crippen molar-refractivity contribution in [2.75, 3.05) is 14.2 Å². The first-order chi connectivity index (χ1) is 9.19. The van der Waals surface area contributed by atoms with Gasteiger partial charge in [0.15, 0.2) is 11.5 Å². The Labute approximate surface area is 112 Å². The Bertz CT molecular complexity index is 551. The van der Waals surface area contributed by atoms with E-state index in [4.69, 9.17) is 19.7 Å². The number of methoxy groups -OCH3 is 2. The lowest BCUT2D eigenvalue weighted by Crippen LogP contribution is -2.28. The van der Waals surface area contributed by atoms with Crippen molar-refractivity contribution in [2.45, 2.75) is 13.0 Å². The highest BCUT2D eigenvalue weighted by atomic mass is 16.5. The van der Waals surface area contributed by atoms with Crippen molar-refractivity contribution >= 4 is 0 Å². The summed E-state index contributed by atoms with van der Waals surface area (Å²) in [6.45, 7) is 1.89. The van der Waals surface area contributed by atoms with Gasteiger partial charge in [0.05, 0.1) is 26.5 Å². The van der Waals surface area contributed by atoms with Crippen molar-refractivity contribution in [1.29, 1.82) is 0 Å². The standard InChI is InChI=1S/C14H18N2O3/c1-9-6-11(8-19-9)14(16-15)10-4-5-12(17-2)13(7-10)18-3/h4-8,14,16H,15H2,1-3H3. The highest BCUT2D eigenvalue weighted by Crippen LogP contribution is 2.32. The summed E-state index contributed by atoms with van der Waals surface area (Å²) in [5, 5.41) is 0. The van der Waals surface area contributed by atoms with Crippen LogP contribution in [0.25, 0.3) is 0 Å².